The van der Waals surface area contributed by atoms with Gasteiger partial charge in [-0.05, 0) is 36.3 Å². The number of nitrogens with zero attached hydrogens (tertiary/aromatic N) is 3. The Kier molecular flexibility index (Phi) is 3.90. The summed E-state index contributed by atoms with van der Waals surface area (Å²) in [5, 5.41) is 15.7. The van der Waals surface area contributed by atoms with Crippen LogP contribution in [-0.2, 0) is 12.8 Å². The van der Waals surface area contributed by atoms with Gasteiger partial charge in [0.05, 0.1) is 12.5 Å². The van der Waals surface area contributed by atoms with E-state index in [-0.39, 0.29) is 0 Å². The van der Waals surface area contributed by atoms with Crippen LogP contribution in [0.2, 0.25) is 0 Å². The molecule has 0 aliphatic rings. The number of nitriles is 1. The summed E-state index contributed by atoms with van der Waals surface area (Å²) in [5.41, 5.74) is 1.99. The van der Waals surface area contributed by atoms with Gasteiger partial charge in [-0.1, -0.05) is 19.1 Å². The molecule has 18 heavy (non-hydrogen) atoms. The highest BCUT2D eigenvalue weighted by atomic mass is 32.1. The lowest BCUT2D eigenvalue weighted by atomic mass is 10.1. The molecule has 2 aromatic rings. The van der Waals surface area contributed by atoms with Gasteiger partial charge in [0, 0.05) is 12.1 Å². The normalized spacial score (nSPS) is 10.2. The van der Waals surface area contributed by atoms with Gasteiger partial charge in [-0.3, -0.25) is 9.67 Å². The first-order valence-corrected chi connectivity index (χ1v) is 6.29. The Labute approximate surface area is 111 Å². The van der Waals surface area contributed by atoms with Crippen LogP contribution in [0.1, 0.15) is 24.7 Å². The van der Waals surface area contributed by atoms with Crippen LogP contribution in [0.5, 0.6) is 0 Å². The summed E-state index contributed by atoms with van der Waals surface area (Å²) < 4.78 is 2.54. The summed E-state index contributed by atoms with van der Waals surface area (Å²) in [5.74, 6) is 0.940. The molecule has 0 amide bonds. The number of aromatic amines is 1. The van der Waals surface area contributed by atoms with E-state index in [0.29, 0.717) is 11.2 Å². The Morgan fingerprint density at radius 1 is 1.39 bits per heavy atom. The SMILES string of the molecule is CCCc1n[nH]c(=S)n1-c1ccc(CC#N)cc1. The topological polar surface area (TPSA) is 57.4 Å². The van der Waals surface area contributed by atoms with Gasteiger partial charge >= 0.3 is 0 Å². The minimum Gasteiger partial charge on any atom is -0.272 e. The van der Waals surface area contributed by atoms with Crippen molar-refractivity contribution < 1.29 is 0 Å². The predicted molar refractivity (Wildman–Crippen MR) is 72.1 cm³/mol. The van der Waals surface area contributed by atoms with E-state index in [4.69, 9.17) is 17.5 Å². The number of nitrogens with one attached hydrogen (secondary N) is 1. The van der Waals surface area contributed by atoms with Gasteiger partial charge in [-0.25, -0.2) is 0 Å². The molecular formula is C13H14N4S. The van der Waals surface area contributed by atoms with Crippen molar-refractivity contribution in [3.05, 3.63) is 40.4 Å². The Morgan fingerprint density at radius 3 is 2.72 bits per heavy atom. The first-order chi connectivity index (χ1) is 8.76. The Hall–Kier alpha value is -1.93. The Bertz CT molecular complexity index is 616. The molecular weight excluding hydrogens is 244 g/mol. The molecule has 0 atom stereocenters. The molecule has 0 aliphatic heterocycles. The number of benzene rings is 1. The third-order valence-electron chi connectivity index (χ3n) is 2.69. The van der Waals surface area contributed by atoms with Crippen LogP contribution in [-0.4, -0.2) is 14.8 Å². The first-order valence-electron chi connectivity index (χ1n) is 5.88. The van der Waals surface area contributed by atoms with E-state index < -0.39 is 0 Å². The third kappa shape index (κ3) is 2.49. The van der Waals surface area contributed by atoms with Crippen LogP contribution in [0, 0.1) is 16.1 Å². The second-order valence-electron chi connectivity index (χ2n) is 4.03. The summed E-state index contributed by atoms with van der Waals surface area (Å²) in [4.78, 5) is 0. The number of aryl methyl sites for hydroxylation is 1. The van der Waals surface area contributed by atoms with Crippen molar-refractivity contribution in [2.75, 3.05) is 0 Å². The number of rotatable bonds is 4. The minimum atomic E-state index is 0.429. The van der Waals surface area contributed by atoms with Crippen molar-refractivity contribution >= 4 is 12.2 Å². The fourth-order valence-corrected chi connectivity index (χ4v) is 2.10. The van der Waals surface area contributed by atoms with Gasteiger partial charge in [0.1, 0.15) is 5.82 Å². The summed E-state index contributed by atoms with van der Waals surface area (Å²) >= 11 is 5.25. The highest BCUT2D eigenvalue weighted by Crippen LogP contribution is 2.13. The van der Waals surface area contributed by atoms with E-state index in [9.17, 15) is 0 Å². The molecule has 0 unspecified atom stereocenters. The summed E-state index contributed by atoms with van der Waals surface area (Å²) in [6.07, 6.45) is 2.33. The second-order valence-corrected chi connectivity index (χ2v) is 4.42. The molecule has 1 aromatic heterocycles. The summed E-state index contributed by atoms with van der Waals surface area (Å²) in [6, 6.07) is 9.97. The largest absolute Gasteiger partial charge is 0.272 e. The molecule has 5 heteroatoms. The molecule has 0 aliphatic carbocycles. The number of hydrogen-bond acceptors (Lipinski definition) is 3. The maximum Gasteiger partial charge on any atom is 0.199 e. The van der Waals surface area contributed by atoms with Gasteiger partial charge in [-0.15, -0.1) is 0 Å². The van der Waals surface area contributed by atoms with Gasteiger partial charge in [0.25, 0.3) is 0 Å². The fraction of sp³-hybridized carbons (Fsp3) is 0.308. The molecule has 0 saturated carbocycles. The zero-order valence-electron chi connectivity index (χ0n) is 10.2. The maximum absolute atomic E-state index is 8.64. The molecule has 1 heterocycles. The summed E-state index contributed by atoms with van der Waals surface area (Å²) in [6.45, 7) is 2.11. The third-order valence-corrected chi connectivity index (χ3v) is 2.97. The van der Waals surface area contributed by atoms with Crippen LogP contribution in [0.3, 0.4) is 0 Å². The minimum absolute atomic E-state index is 0.429. The van der Waals surface area contributed by atoms with Crippen molar-refractivity contribution in [2.24, 2.45) is 0 Å². The molecule has 0 saturated heterocycles. The lowest BCUT2D eigenvalue weighted by Crippen LogP contribution is -2.01. The number of hydrogen-bond donors (Lipinski definition) is 1. The van der Waals surface area contributed by atoms with Crippen LogP contribution in [0.25, 0.3) is 5.69 Å². The zero-order valence-corrected chi connectivity index (χ0v) is 11.0. The molecule has 0 bridgehead atoms. The lowest BCUT2D eigenvalue weighted by molar-refractivity contribution is 0.801. The smallest absolute Gasteiger partial charge is 0.199 e. The molecule has 0 radical (unpaired) electrons. The van der Waals surface area contributed by atoms with E-state index in [0.717, 1.165) is 29.9 Å². The van der Waals surface area contributed by atoms with Gasteiger partial charge in [0.15, 0.2) is 4.77 Å². The van der Waals surface area contributed by atoms with E-state index in [1.54, 1.807) is 0 Å². The van der Waals surface area contributed by atoms with Gasteiger partial charge < -0.3 is 0 Å². The van der Waals surface area contributed by atoms with Crippen molar-refractivity contribution in [3.8, 4) is 11.8 Å². The van der Waals surface area contributed by atoms with Gasteiger partial charge in [0.2, 0.25) is 0 Å². The van der Waals surface area contributed by atoms with Crippen LogP contribution in [0.15, 0.2) is 24.3 Å². The average Bonchev–Trinajstić information content (AvgIpc) is 2.73. The number of H-pyrrole nitrogens is 1. The van der Waals surface area contributed by atoms with Gasteiger partial charge in [-0.2, -0.15) is 10.4 Å². The maximum atomic E-state index is 8.64. The molecule has 2 rings (SSSR count). The lowest BCUT2D eigenvalue weighted by Gasteiger charge is -2.06. The average molecular weight is 258 g/mol. The molecule has 0 fully saturated rings. The fourth-order valence-electron chi connectivity index (χ4n) is 1.84. The predicted octanol–water partition coefficient (Wildman–Crippen LogP) is 2.95. The Balaban J connectivity index is 2.39. The highest BCUT2D eigenvalue weighted by Gasteiger charge is 2.07. The van der Waals surface area contributed by atoms with Crippen LogP contribution >= 0.6 is 12.2 Å². The Morgan fingerprint density at radius 2 is 2.11 bits per heavy atom. The van der Waals surface area contributed by atoms with Crippen molar-refractivity contribution in [1.82, 2.24) is 14.8 Å². The number of aromatic nitrogens is 3. The van der Waals surface area contributed by atoms with Crippen LogP contribution < -0.4 is 0 Å². The van der Waals surface area contributed by atoms with E-state index in [1.807, 2.05) is 28.8 Å². The van der Waals surface area contributed by atoms with E-state index in [2.05, 4.69) is 23.2 Å². The van der Waals surface area contributed by atoms with Crippen molar-refractivity contribution in [1.29, 1.82) is 5.26 Å². The monoisotopic (exact) mass is 258 g/mol. The molecule has 1 aromatic carbocycles. The molecule has 0 spiro atoms. The summed E-state index contributed by atoms with van der Waals surface area (Å²) in [7, 11) is 0. The quantitative estimate of drug-likeness (QED) is 0.858. The molecule has 4 nitrogen and oxygen atoms in total. The van der Waals surface area contributed by atoms with E-state index >= 15 is 0 Å². The van der Waals surface area contributed by atoms with Crippen LogP contribution in [0.4, 0.5) is 0 Å². The standard InChI is InChI=1S/C13H14N4S/c1-2-3-12-15-16-13(18)17(12)11-6-4-10(5-7-11)8-9-14/h4-7H,2-3,8H2,1H3,(H,16,18). The highest BCUT2D eigenvalue weighted by molar-refractivity contribution is 7.71. The van der Waals surface area contributed by atoms with Crippen molar-refractivity contribution in [3.63, 3.8) is 0 Å². The molecule has 92 valence electrons. The molecule has 1 N–H and O–H groups in total. The van der Waals surface area contributed by atoms with Crippen molar-refractivity contribution in [2.45, 2.75) is 26.2 Å². The first kappa shape index (κ1) is 12.5. The second kappa shape index (κ2) is 5.61. The zero-order chi connectivity index (χ0) is 13.0. The van der Waals surface area contributed by atoms with E-state index in [1.165, 1.54) is 0 Å².